The Morgan fingerprint density at radius 2 is 2.19 bits per heavy atom. The molecule has 26 heavy (non-hydrogen) atoms. The zero-order valence-electron chi connectivity index (χ0n) is 16.1. The van der Waals surface area contributed by atoms with Crippen LogP contribution in [0.3, 0.4) is 0 Å². The molecule has 1 amide bonds. The van der Waals surface area contributed by atoms with Gasteiger partial charge in [0.2, 0.25) is 5.91 Å². The molecule has 0 bridgehead atoms. The summed E-state index contributed by atoms with van der Waals surface area (Å²) in [6.07, 6.45) is 5.65. The standard InChI is InChI=1S/C18H29N7O/c1-5-23-12-19-22-17(23)15-7-6-10-24(11-15)14(4)18(26)21-16-8-9-20-25(16)13(2)3/h8-9,12-15H,5-7,10-11H2,1-4H3,(H,21,26). The van der Waals surface area contributed by atoms with Gasteiger partial charge in [-0.2, -0.15) is 5.10 Å². The minimum Gasteiger partial charge on any atom is -0.318 e. The number of hydrogen-bond acceptors (Lipinski definition) is 5. The van der Waals surface area contributed by atoms with Crippen molar-refractivity contribution >= 4 is 11.7 Å². The average Bonchev–Trinajstić information content (AvgIpc) is 3.30. The van der Waals surface area contributed by atoms with E-state index in [4.69, 9.17) is 0 Å². The molecule has 3 rings (SSSR count). The minimum absolute atomic E-state index is 0.00464. The number of piperidine rings is 1. The number of anilines is 1. The molecule has 2 atom stereocenters. The van der Waals surface area contributed by atoms with Gasteiger partial charge in [-0.25, -0.2) is 4.68 Å². The molecule has 142 valence electrons. The van der Waals surface area contributed by atoms with Gasteiger partial charge in [-0.1, -0.05) is 0 Å². The number of nitrogens with zero attached hydrogens (tertiary/aromatic N) is 6. The van der Waals surface area contributed by atoms with Crippen molar-refractivity contribution in [3.63, 3.8) is 0 Å². The minimum atomic E-state index is -0.202. The van der Waals surface area contributed by atoms with Gasteiger partial charge in [0.05, 0.1) is 12.2 Å². The van der Waals surface area contributed by atoms with Crippen LogP contribution in [0.1, 0.15) is 58.3 Å². The summed E-state index contributed by atoms with van der Waals surface area (Å²) in [5, 5.41) is 15.7. The van der Waals surface area contributed by atoms with Crippen LogP contribution in [-0.4, -0.2) is 54.5 Å². The number of carbonyl (C=O) groups excluding carboxylic acids is 1. The highest BCUT2D eigenvalue weighted by Crippen LogP contribution is 2.27. The maximum absolute atomic E-state index is 12.8. The molecule has 2 unspecified atom stereocenters. The van der Waals surface area contributed by atoms with E-state index in [2.05, 4.69) is 37.0 Å². The first-order valence-electron chi connectivity index (χ1n) is 9.47. The van der Waals surface area contributed by atoms with Crippen LogP contribution in [0.15, 0.2) is 18.6 Å². The van der Waals surface area contributed by atoms with Crippen LogP contribution >= 0.6 is 0 Å². The normalized spacial score (nSPS) is 19.7. The first-order chi connectivity index (χ1) is 12.5. The van der Waals surface area contributed by atoms with Crippen LogP contribution in [0, 0.1) is 0 Å². The van der Waals surface area contributed by atoms with Crippen molar-refractivity contribution < 1.29 is 4.79 Å². The smallest absolute Gasteiger partial charge is 0.242 e. The van der Waals surface area contributed by atoms with E-state index in [0.29, 0.717) is 5.92 Å². The molecule has 1 N–H and O–H groups in total. The van der Waals surface area contributed by atoms with Gasteiger partial charge in [-0.15, -0.1) is 10.2 Å². The van der Waals surface area contributed by atoms with Crippen LogP contribution in [-0.2, 0) is 11.3 Å². The molecule has 8 nitrogen and oxygen atoms in total. The van der Waals surface area contributed by atoms with E-state index in [-0.39, 0.29) is 18.0 Å². The third-order valence-corrected chi connectivity index (χ3v) is 5.14. The number of aromatic nitrogens is 5. The lowest BCUT2D eigenvalue weighted by Gasteiger charge is -2.35. The molecule has 3 heterocycles. The number of likely N-dealkylation sites (tertiary alicyclic amines) is 1. The summed E-state index contributed by atoms with van der Waals surface area (Å²) in [5.74, 6) is 2.10. The fraction of sp³-hybridized carbons (Fsp3) is 0.667. The largest absolute Gasteiger partial charge is 0.318 e. The van der Waals surface area contributed by atoms with Gasteiger partial charge >= 0.3 is 0 Å². The average molecular weight is 359 g/mol. The first kappa shape index (κ1) is 18.6. The second kappa shape index (κ2) is 7.99. The highest BCUT2D eigenvalue weighted by molar-refractivity contribution is 5.93. The Hall–Kier alpha value is -2.22. The van der Waals surface area contributed by atoms with E-state index in [9.17, 15) is 4.79 Å². The van der Waals surface area contributed by atoms with Gasteiger partial charge in [0.15, 0.2) is 0 Å². The predicted molar refractivity (Wildman–Crippen MR) is 99.9 cm³/mol. The summed E-state index contributed by atoms with van der Waals surface area (Å²) in [4.78, 5) is 15.0. The number of amides is 1. The molecule has 8 heteroatoms. The van der Waals surface area contributed by atoms with Crippen molar-refractivity contribution in [1.29, 1.82) is 0 Å². The molecule has 1 fully saturated rings. The van der Waals surface area contributed by atoms with Gasteiger partial charge in [0.1, 0.15) is 18.0 Å². The molecule has 1 aliphatic heterocycles. The summed E-state index contributed by atoms with van der Waals surface area (Å²) in [6.45, 7) is 10.8. The van der Waals surface area contributed by atoms with Crippen molar-refractivity contribution in [2.45, 2.75) is 65.1 Å². The van der Waals surface area contributed by atoms with Crippen LogP contribution < -0.4 is 5.32 Å². The molecule has 0 aliphatic carbocycles. The highest BCUT2D eigenvalue weighted by atomic mass is 16.2. The van der Waals surface area contributed by atoms with Gasteiger partial charge < -0.3 is 9.88 Å². The zero-order valence-corrected chi connectivity index (χ0v) is 16.1. The van der Waals surface area contributed by atoms with E-state index in [0.717, 1.165) is 44.1 Å². The van der Waals surface area contributed by atoms with E-state index < -0.39 is 0 Å². The van der Waals surface area contributed by atoms with Crippen molar-refractivity contribution in [2.75, 3.05) is 18.4 Å². The maximum atomic E-state index is 12.8. The number of hydrogen-bond donors (Lipinski definition) is 1. The second-order valence-electron chi connectivity index (χ2n) is 7.23. The second-order valence-corrected chi connectivity index (χ2v) is 7.23. The van der Waals surface area contributed by atoms with Crippen molar-refractivity contribution in [3.8, 4) is 0 Å². The molecular formula is C18H29N7O. The van der Waals surface area contributed by atoms with Crippen molar-refractivity contribution in [1.82, 2.24) is 29.4 Å². The lowest BCUT2D eigenvalue weighted by molar-refractivity contribution is -0.121. The summed E-state index contributed by atoms with van der Waals surface area (Å²) in [7, 11) is 0. The Kier molecular flexibility index (Phi) is 5.70. The van der Waals surface area contributed by atoms with Crippen molar-refractivity contribution in [3.05, 3.63) is 24.4 Å². The molecule has 2 aromatic heterocycles. The fourth-order valence-electron chi connectivity index (χ4n) is 3.61. The van der Waals surface area contributed by atoms with Crippen LogP contribution in [0.4, 0.5) is 5.82 Å². The van der Waals surface area contributed by atoms with Crippen LogP contribution in [0.25, 0.3) is 0 Å². The van der Waals surface area contributed by atoms with E-state index in [1.54, 1.807) is 12.5 Å². The molecule has 0 aromatic carbocycles. The molecule has 0 radical (unpaired) electrons. The monoisotopic (exact) mass is 359 g/mol. The Bertz CT molecular complexity index is 735. The fourth-order valence-corrected chi connectivity index (χ4v) is 3.61. The molecule has 0 saturated carbocycles. The predicted octanol–water partition coefficient (Wildman–Crippen LogP) is 2.28. The molecule has 1 saturated heterocycles. The molecular weight excluding hydrogens is 330 g/mol. The Morgan fingerprint density at radius 3 is 2.92 bits per heavy atom. The lowest BCUT2D eigenvalue weighted by atomic mass is 9.96. The summed E-state index contributed by atoms with van der Waals surface area (Å²) in [5.41, 5.74) is 0. The van der Waals surface area contributed by atoms with Crippen LogP contribution in [0.5, 0.6) is 0 Å². The third-order valence-electron chi connectivity index (χ3n) is 5.14. The number of nitrogens with one attached hydrogen (secondary N) is 1. The van der Waals surface area contributed by atoms with E-state index >= 15 is 0 Å². The summed E-state index contributed by atoms with van der Waals surface area (Å²) >= 11 is 0. The summed E-state index contributed by atoms with van der Waals surface area (Å²) < 4.78 is 3.92. The lowest BCUT2D eigenvalue weighted by Crippen LogP contribution is -2.47. The highest BCUT2D eigenvalue weighted by Gasteiger charge is 2.30. The topological polar surface area (TPSA) is 80.9 Å². The Morgan fingerprint density at radius 1 is 1.38 bits per heavy atom. The van der Waals surface area contributed by atoms with Gasteiger partial charge in [0, 0.05) is 31.1 Å². The number of rotatable bonds is 6. The third kappa shape index (κ3) is 3.80. The van der Waals surface area contributed by atoms with Gasteiger partial charge in [-0.05, 0) is 47.1 Å². The quantitative estimate of drug-likeness (QED) is 0.856. The van der Waals surface area contributed by atoms with E-state index in [1.807, 2.05) is 31.5 Å². The Balaban J connectivity index is 1.66. The SMILES string of the molecule is CCn1cnnc1C1CCCN(C(C)C(=O)Nc2ccnn2C(C)C)C1. The van der Waals surface area contributed by atoms with Crippen LogP contribution in [0.2, 0.25) is 0 Å². The van der Waals surface area contributed by atoms with Gasteiger partial charge in [-0.3, -0.25) is 9.69 Å². The van der Waals surface area contributed by atoms with Crippen molar-refractivity contribution in [2.24, 2.45) is 0 Å². The van der Waals surface area contributed by atoms with Gasteiger partial charge in [0.25, 0.3) is 0 Å². The number of carbonyl (C=O) groups is 1. The maximum Gasteiger partial charge on any atom is 0.242 e. The van der Waals surface area contributed by atoms with E-state index in [1.165, 1.54) is 0 Å². The Labute approximate surface area is 154 Å². The number of aryl methyl sites for hydroxylation is 1. The molecule has 1 aliphatic rings. The first-order valence-corrected chi connectivity index (χ1v) is 9.47. The molecule has 2 aromatic rings. The molecule has 0 spiro atoms. The zero-order chi connectivity index (χ0) is 18.7. The summed E-state index contributed by atoms with van der Waals surface area (Å²) in [6, 6.07) is 1.84.